The highest BCUT2D eigenvalue weighted by molar-refractivity contribution is 5.97. The van der Waals surface area contributed by atoms with Crippen LogP contribution in [0.15, 0.2) is 132 Å². The highest BCUT2D eigenvalue weighted by Gasteiger charge is 2.78. The van der Waals surface area contributed by atoms with Crippen molar-refractivity contribution in [2.45, 2.75) is 159 Å². The number of unbranched alkanes of at least 4 members (excludes halogenated alkanes) is 1. The number of esters is 4. The van der Waals surface area contributed by atoms with Crippen LogP contribution in [-0.2, 0) is 68.4 Å². The minimum absolute atomic E-state index is 0.00251. The summed E-state index contributed by atoms with van der Waals surface area (Å²) >= 11 is 0. The number of alkyl carbamates (subject to hydrolysis) is 1. The Morgan fingerprint density at radius 3 is 1.89 bits per heavy atom. The van der Waals surface area contributed by atoms with Gasteiger partial charge in [-0.15, -0.1) is 0 Å². The molecule has 1 heterocycles. The lowest BCUT2D eigenvalue weighted by Crippen LogP contribution is -2.82. The summed E-state index contributed by atoms with van der Waals surface area (Å²) in [5.41, 5.74) is 4.25. The van der Waals surface area contributed by atoms with Crippen LogP contribution < -0.4 is 38.1 Å². The van der Waals surface area contributed by atoms with Crippen LogP contribution in [0.3, 0.4) is 0 Å². The molecule has 3 fully saturated rings. The summed E-state index contributed by atoms with van der Waals surface area (Å²) in [5.74, 6) is -9.38. The number of Topliss-reactive ketones (excluding diaryl/α,β-unsaturated/α-hetero) is 1. The second-order valence-corrected chi connectivity index (χ2v) is 24.8. The molecule has 498 valence electrons. The number of nitrogens with two attached hydrogens (primary N) is 2. The number of benzene rings is 4. The van der Waals surface area contributed by atoms with E-state index in [0.29, 0.717) is 19.4 Å². The molecular weight excluding hydrogens is 1200 g/mol. The van der Waals surface area contributed by atoms with Gasteiger partial charge < -0.3 is 76.7 Å². The van der Waals surface area contributed by atoms with E-state index in [1.165, 1.54) is 58.9 Å². The SMILES string of the molecule is CC(=O)O[C@H]1C(=O)[C@@]2(C)[C@H]([C@H](OC(=O)c3ccccc3)[C@]3(O)C[C@H](OC(=O)[C@H](OC(=O)NCCNC(=O)[C@H](CCCCN)NC(=O)[C@H](Cc4ccccc4)NC(=O)[C@@H](C)N)[C@@H](NC(=O)c4ccccc4)c4ccccc4)C(C)=C1C3(C)C)[C@]1(OC(C)=O)CO[C@@H]1C[C@@H]2O. The molecule has 0 aromatic heterocycles. The zero-order valence-corrected chi connectivity index (χ0v) is 53.1. The lowest BCUT2D eigenvalue weighted by atomic mass is 9.44. The molecule has 0 radical (unpaired) electrons. The van der Waals surface area contributed by atoms with Crippen LogP contribution in [0.2, 0.25) is 0 Å². The maximum atomic E-state index is 15.9. The molecule has 4 aromatic rings. The largest absolute Gasteiger partial charge is 0.455 e. The van der Waals surface area contributed by atoms with Crippen molar-refractivity contribution in [3.8, 4) is 0 Å². The molecule has 0 spiro atoms. The molecular formula is C68H83N7O18. The molecule has 0 unspecified atom stereocenters. The van der Waals surface area contributed by atoms with Crippen LogP contribution in [-0.4, -0.2) is 162 Å². The quantitative estimate of drug-likeness (QED) is 0.0199. The summed E-state index contributed by atoms with van der Waals surface area (Å²) in [7, 11) is 0. The van der Waals surface area contributed by atoms with E-state index < -0.39 is 161 Å². The lowest BCUT2D eigenvalue weighted by Gasteiger charge is -2.67. The first-order valence-corrected chi connectivity index (χ1v) is 31.0. The number of rotatable bonds is 25. The highest BCUT2D eigenvalue weighted by atomic mass is 16.6. The van der Waals surface area contributed by atoms with Crippen molar-refractivity contribution in [2.24, 2.45) is 28.2 Å². The van der Waals surface area contributed by atoms with Crippen LogP contribution in [0.5, 0.6) is 0 Å². The van der Waals surface area contributed by atoms with E-state index in [4.69, 9.17) is 39.9 Å². The number of aliphatic hydroxyl groups is 2. The van der Waals surface area contributed by atoms with Gasteiger partial charge in [0.05, 0.1) is 35.6 Å². The third-order valence-electron chi connectivity index (χ3n) is 18.3. The third kappa shape index (κ3) is 15.1. The number of ketones is 1. The average molecular weight is 1290 g/mol. The van der Waals surface area contributed by atoms with Gasteiger partial charge in [-0.25, -0.2) is 14.4 Å². The van der Waals surface area contributed by atoms with Crippen LogP contribution >= 0.6 is 0 Å². The minimum atomic E-state index is -2.56. The molecule has 1 aliphatic heterocycles. The maximum absolute atomic E-state index is 15.9. The lowest BCUT2D eigenvalue weighted by molar-refractivity contribution is -0.346. The van der Waals surface area contributed by atoms with E-state index in [9.17, 15) is 48.6 Å². The Balaban J connectivity index is 1.14. The van der Waals surface area contributed by atoms with E-state index in [0.717, 1.165) is 19.4 Å². The van der Waals surface area contributed by atoms with Gasteiger partial charge in [0.25, 0.3) is 5.91 Å². The number of amides is 5. The summed E-state index contributed by atoms with van der Waals surface area (Å²) < 4.78 is 37.0. The number of nitrogens with one attached hydrogen (secondary N) is 5. The van der Waals surface area contributed by atoms with Crippen LogP contribution in [0.1, 0.15) is 118 Å². The molecule has 1 saturated heterocycles. The number of ether oxygens (including phenoxy) is 6. The molecule has 4 aliphatic rings. The van der Waals surface area contributed by atoms with Gasteiger partial charge in [0, 0.05) is 57.2 Å². The Bertz CT molecular complexity index is 3430. The van der Waals surface area contributed by atoms with Crippen molar-refractivity contribution in [2.75, 3.05) is 26.2 Å². The number of carbonyl (C=O) groups excluding carboxylic acids is 10. The Labute approximate surface area is 538 Å². The Kier molecular flexibility index (Phi) is 22.4. The second-order valence-electron chi connectivity index (χ2n) is 24.8. The molecule has 4 aromatic carbocycles. The van der Waals surface area contributed by atoms with Crippen molar-refractivity contribution in [3.63, 3.8) is 0 Å². The summed E-state index contributed by atoms with van der Waals surface area (Å²) in [6.45, 7) is 8.80. The molecule has 25 nitrogen and oxygen atoms in total. The van der Waals surface area contributed by atoms with Gasteiger partial charge in [-0.2, -0.15) is 0 Å². The number of aliphatic hydroxyl groups excluding tert-OH is 1. The second kappa shape index (κ2) is 29.8. The number of carbonyl (C=O) groups is 10. The fourth-order valence-electron chi connectivity index (χ4n) is 13.3. The zero-order valence-electron chi connectivity index (χ0n) is 53.1. The summed E-state index contributed by atoms with van der Waals surface area (Å²) in [6.07, 6.45) is -11.6. The van der Waals surface area contributed by atoms with Crippen molar-refractivity contribution in [1.82, 2.24) is 26.6 Å². The topological polar surface area (TPSA) is 379 Å². The fourth-order valence-corrected chi connectivity index (χ4v) is 13.3. The molecule has 5 amide bonds. The average Bonchev–Trinajstić information content (AvgIpc) is 0.670. The summed E-state index contributed by atoms with van der Waals surface area (Å²) in [4.78, 5) is 142. The van der Waals surface area contributed by atoms with E-state index in [-0.39, 0.29) is 60.2 Å². The monoisotopic (exact) mass is 1290 g/mol. The van der Waals surface area contributed by atoms with E-state index in [1.54, 1.807) is 97.1 Å². The predicted molar refractivity (Wildman–Crippen MR) is 334 cm³/mol. The smallest absolute Gasteiger partial charge is 0.408 e. The molecule has 25 heteroatoms. The minimum Gasteiger partial charge on any atom is -0.455 e. The molecule has 93 heavy (non-hydrogen) atoms. The van der Waals surface area contributed by atoms with Crippen LogP contribution in [0.25, 0.3) is 0 Å². The standard InChI is InChI=1S/C68H83N7O18/c1-38-48(36-68(87)57(92-62(84)45-28-18-11-19-29-45)55-66(7,49(78)35-50-67(55,37-88-50)93-41(4)77)56(79)53(89-40(3)76)51(38)65(68,5)6)90-63(85)54(52(43-24-14-9-15-25-43)75-59(81)44-26-16-10-17-27-44)91-64(86)72-33-32-71-60(82)46(30-20-21-31-69)73-61(83)47(74-58(80)39(2)70)34-42-22-12-8-13-23-42/h8-19,22-29,39,46-50,52-55,57,78,87H,20-21,30-37,69-70H2,1-7H3,(H,71,82)(H,72,86)(H,73,83)(H,74,80)(H,75,81)/t39-,46+,47+,48+,49+,50-,52+,53-,54-,55+,57+,66-,67+,68-/m1/s1. The Morgan fingerprint density at radius 1 is 0.720 bits per heavy atom. The Morgan fingerprint density at radius 2 is 1.31 bits per heavy atom. The molecule has 11 N–H and O–H groups in total. The van der Waals surface area contributed by atoms with E-state index in [2.05, 4.69) is 26.6 Å². The van der Waals surface area contributed by atoms with E-state index >= 15 is 9.59 Å². The van der Waals surface area contributed by atoms with E-state index in [1.807, 2.05) is 0 Å². The number of hydrogen-bond donors (Lipinski definition) is 9. The first-order chi connectivity index (χ1) is 44.2. The zero-order chi connectivity index (χ0) is 67.6. The molecule has 2 saturated carbocycles. The predicted octanol–water partition coefficient (Wildman–Crippen LogP) is 3.27. The third-order valence-corrected chi connectivity index (χ3v) is 18.3. The fraction of sp³-hybridized carbons (Fsp3) is 0.471. The normalized spacial score (nSPS) is 25.9. The van der Waals surface area contributed by atoms with Crippen molar-refractivity contribution in [3.05, 3.63) is 155 Å². The number of fused-ring (bicyclic) bond motifs is 5. The summed E-state index contributed by atoms with van der Waals surface area (Å²) in [6, 6.07) is 27.7. The van der Waals surface area contributed by atoms with Crippen molar-refractivity contribution < 1.29 is 86.6 Å². The van der Waals surface area contributed by atoms with Crippen molar-refractivity contribution in [1.29, 1.82) is 0 Å². The first kappa shape index (κ1) is 70.0. The van der Waals surface area contributed by atoms with Gasteiger partial charge in [-0.05, 0) is 93.1 Å². The van der Waals surface area contributed by atoms with Gasteiger partial charge in [-0.1, -0.05) is 111 Å². The molecule has 14 atom stereocenters. The number of hydrogen-bond acceptors (Lipinski definition) is 20. The molecule has 8 rings (SSSR count). The van der Waals surface area contributed by atoms with Crippen molar-refractivity contribution >= 4 is 59.4 Å². The first-order valence-electron chi connectivity index (χ1n) is 31.0. The van der Waals surface area contributed by atoms with Gasteiger partial charge in [-0.3, -0.25) is 33.6 Å². The van der Waals surface area contributed by atoms with Crippen LogP contribution in [0.4, 0.5) is 4.79 Å². The van der Waals surface area contributed by atoms with Gasteiger partial charge in [0.15, 0.2) is 17.5 Å². The Hall–Kier alpha value is -8.88. The van der Waals surface area contributed by atoms with Gasteiger partial charge in [0.2, 0.25) is 23.8 Å². The molecule has 2 bridgehead atoms. The van der Waals surface area contributed by atoms with Gasteiger partial charge in [0.1, 0.15) is 42.0 Å². The maximum Gasteiger partial charge on any atom is 0.408 e. The molecule has 3 aliphatic carbocycles. The van der Waals surface area contributed by atoms with Gasteiger partial charge >= 0.3 is 30.0 Å². The highest BCUT2D eigenvalue weighted by Crippen LogP contribution is 2.64. The van der Waals surface area contributed by atoms with Crippen LogP contribution in [0, 0.1) is 16.7 Å². The summed E-state index contributed by atoms with van der Waals surface area (Å²) in [5, 5.41) is 39.9.